The number of phenolic OH excluding ortho intramolecular Hbond substituents is 1. The zero-order valence-corrected chi connectivity index (χ0v) is 15.5. The molecule has 0 spiro atoms. The Hall–Kier alpha value is -3.09. The van der Waals surface area contributed by atoms with Crippen molar-refractivity contribution in [2.24, 2.45) is 5.41 Å². The summed E-state index contributed by atoms with van der Waals surface area (Å²) in [6, 6.07) is 10.7. The minimum absolute atomic E-state index is 0.0828. The minimum atomic E-state index is -0.191. The molecule has 2 aromatic heterocycles. The van der Waals surface area contributed by atoms with E-state index >= 15 is 0 Å². The molecule has 0 aliphatic heterocycles. The number of aromatic hydroxyl groups is 1. The smallest absolute Gasteiger partial charge is 0.269 e. The maximum absolute atomic E-state index is 12.5. The molecule has 140 valence electrons. The average Bonchev–Trinajstić information content (AvgIpc) is 3.08. The van der Waals surface area contributed by atoms with Gasteiger partial charge in [-0.25, -0.2) is 0 Å². The number of phenols is 1. The Labute approximate surface area is 157 Å². The van der Waals surface area contributed by atoms with Crippen molar-refractivity contribution >= 4 is 5.91 Å². The lowest BCUT2D eigenvalue weighted by molar-refractivity contribution is 0.0937. The van der Waals surface area contributed by atoms with Crippen molar-refractivity contribution in [3.8, 4) is 17.0 Å². The zero-order chi connectivity index (χ0) is 19.0. The molecular formula is C20H23N5O2. The lowest BCUT2D eigenvalue weighted by Crippen LogP contribution is -2.33. The number of amides is 1. The topological polar surface area (TPSA) is 95.8 Å². The largest absolute Gasteiger partial charge is 0.507 e. The highest BCUT2D eigenvalue weighted by Crippen LogP contribution is 2.46. The average molecular weight is 365 g/mol. The van der Waals surface area contributed by atoms with Crippen LogP contribution in [-0.4, -0.2) is 37.5 Å². The van der Waals surface area contributed by atoms with E-state index in [2.05, 4.69) is 33.6 Å². The van der Waals surface area contributed by atoms with Crippen molar-refractivity contribution in [2.45, 2.75) is 33.2 Å². The second-order valence-electron chi connectivity index (χ2n) is 7.45. The molecule has 1 fully saturated rings. The van der Waals surface area contributed by atoms with E-state index in [-0.39, 0.29) is 17.1 Å². The SMILES string of the molecule is Cc1cc(C)n(CC2(CNC(=O)c3cc(-c4ccccc4O)n[nH]3)CC2)n1. The van der Waals surface area contributed by atoms with E-state index in [0.29, 0.717) is 23.5 Å². The van der Waals surface area contributed by atoms with Crippen LogP contribution in [0.1, 0.15) is 34.7 Å². The fraction of sp³-hybridized carbons (Fsp3) is 0.350. The maximum Gasteiger partial charge on any atom is 0.269 e. The first-order valence-corrected chi connectivity index (χ1v) is 9.09. The van der Waals surface area contributed by atoms with E-state index in [1.807, 2.05) is 17.7 Å². The molecule has 0 saturated heterocycles. The number of benzene rings is 1. The summed E-state index contributed by atoms with van der Waals surface area (Å²) >= 11 is 0. The van der Waals surface area contributed by atoms with E-state index in [0.717, 1.165) is 30.8 Å². The number of nitrogens with one attached hydrogen (secondary N) is 2. The molecule has 7 nitrogen and oxygen atoms in total. The first-order valence-electron chi connectivity index (χ1n) is 9.09. The highest BCUT2D eigenvalue weighted by atomic mass is 16.3. The van der Waals surface area contributed by atoms with Crippen molar-refractivity contribution in [3.63, 3.8) is 0 Å². The fourth-order valence-corrected chi connectivity index (χ4v) is 3.35. The number of aromatic amines is 1. The molecule has 1 aliphatic rings. The molecule has 1 aliphatic carbocycles. The van der Waals surface area contributed by atoms with Crippen LogP contribution in [-0.2, 0) is 6.54 Å². The quantitative estimate of drug-likeness (QED) is 0.626. The molecule has 3 aromatic rings. The molecule has 7 heteroatoms. The number of hydrogen-bond acceptors (Lipinski definition) is 4. The van der Waals surface area contributed by atoms with Crippen molar-refractivity contribution in [1.82, 2.24) is 25.3 Å². The van der Waals surface area contributed by atoms with Crippen molar-refractivity contribution < 1.29 is 9.90 Å². The number of para-hydroxylation sites is 1. The Morgan fingerprint density at radius 2 is 2.07 bits per heavy atom. The number of nitrogens with zero attached hydrogens (tertiary/aromatic N) is 3. The summed E-state index contributed by atoms with van der Waals surface area (Å²) in [4.78, 5) is 12.5. The van der Waals surface area contributed by atoms with Gasteiger partial charge >= 0.3 is 0 Å². The van der Waals surface area contributed by atoms with Gasteiger partial charge in [-0.15, -0.1) is 0 Å². The Morgan fingerprint density at radius 1 is 1.30 bits per heavy atom. The Kier molecular flexibility index (Phi) is 4.22. The molecule has 0 unspecified atom stereocenters. The van der Waals surface area contributed by atoms with Gasteiger partial charge in [0, 0.05) is 29.8 Å². The van der Waals surface area contributed by atoms with Crippen LogP contribution in [0, 0.1) is 19.3 Å². The Bertz CT molecular complexity index is 984. The molecule has 1 aromatic carbocycles. The fourth-order valence-electron chi connectivity index (χ4n) is 3.35. The summed E-state index contributed by atoms with van der Waals surface area (Å²) < 4.78 is 2.03. The number of rotatable bonds is 6. The van der Waals surface area contributed by atoms with E-state index in [1.54, 1.807) is 24.3 Å². The summed E-state index contributed by atoms with van der Waals surface area (Å²) in [6.07, 6.45) is 2.16. The monoisotopic (exact) mass is 365 g/mol. The summed E-state index contributed by atoms with van der Waals surface area (Å²) in [6.45, 7) is 5.47. The van der Waals surface area contributed by atoms with Crippen molar-refractivity contribution in [2.75, 3.05) is 6.54 Å². The summed E-state index contributed by atoms with van der Waals surface area (Å²) in [5.41, 5.74) is 3.76. The van der Waals surface area contributed by atoms with Gasteiger partial charge in [0.2, 0.25) is 0 Å². The lowest BCUT2D eigenvalue weighted by Gasteiger charge is -2.17. The van der Waals surface area contributed by atoms with Gasteiger partial charge in [0.1, 0.15) is 11.4 Å². The molecular weight excluding hydrogens is 342 g/mol. The van der Waals surface area contributed by atoms with E-state index < -0.39 is 0 Å². The van der Waals surface area contributed by atoms with Crippen LogP contribution < -0.4 is 5.32 Å². The number of hydrogen-bond donors (Lipinski definition) is 3. The van der Waals surface area contributed by atoms with Crippen LogP contribution in [0.4, 0.5) is 0 Å². The highest BCUT2D eigenvalue weighted by Gasteiger charge is 2.43. The van der Waals surface area contributed by atoms with E-state index in [4.69, 9.17) is 0 Å². The van der Waals surface area contributed by atoms with Gasteiger partial charge in [-0.3, -0.25) is 14.6 Å². The van der Waals surface area contributed by atoms with Gasteiger partial charge in [-0.05, 0) is 51.0 Å². The van der Waals surface area contributed by atoms with Gasteiger partial charge in [0.15, 0.2) is 0 Å². The lowest BCUT2D eigenvalue weighted by atomic mass is 10.1. The van der Waals surface area contributed by atoms with Crippen LogP contribution in [0.5, 0.6) is 5.75 Å². The van der Waals surface area contributed by atoms with Crippen LogP contribution in [0.3, 0.4) is 0 Å². The summed E-state index contributed by atoms with van der Waals surface area (Å²) in [5.74, 6) is -0.0541. The third-order valence-corrected chi connectivity index (χ3v) is 5.17. The van der Waals surface area contributed by atoms with Crippen LogP contribution in [0.15, 0.2) is 36.4 Å². The Balaban J connectivity index is 1.40. The number of carbonyl (C=O) groups excluding carboxylic acids is 1. The summed E-state index contributed by atoms with van der Waals surface area (Å²) in [7, 11) is 0. The van der Waals surface area contributed by atoms with Crippen molar-refractivity contribution in [1.29, 1.82) is 0 Å². The second-order valence-corrected chi connectivity index (χ2v) is 7.45. The second kappa shape index (κ2) is 6.57. The van der Waals surface area contributed by atoms with Gasteiger partial charge in [-0.1, -0.05) is 12.1 Å². The third-order valence-electron chi connectivity index (χ3n) is 5.17. The molecule has 0 atom stereocenters. The predicted octanol–water partition coefficient (Wildman–Crippen LogP) is 2.81. The highest BCUT2D eigenvalue weighted by molar-refractivity contribution is 5.93. The molecule has 27 heavy (non-hydrogen) atoms. The normalized spacial score (nSPS) is 14.9. The number of aromatic nitrogens is 4. The first-order chi connectivity index (χ1) is 13.0. The number of aryl methyl sites for hydroxylation is 2. The van der Waals surface area contributed by atoms with Crippen LogP contribution in [0.2, 0.25) is 0 Å². The summed E-state index contributed by atoms with van der Waals surface area (Å²) in [5, 5.41) is 24.4. The molecule has 1 saturated carbocycles. The minimum Gasteiger partial charge on any atom is -0.507 e. The van der Waals surface area contributed by atoms with Gasteiger partial charge in [0.05, 0.1) is 11.4 Å². The van der Waals surface area contributed by atoms with Gasteiger partial charge in [-0.2, -0.15) is 10.2 Å². The van der Waals surface area contributed by atoms with Gasteiger partial charge < -0.3 is 10.4 Å². The van der Waals surface area contributed by atoms with Crippen LogP contribution in [0.25, 0.3) is 11.3 Å². The molecule has 1 amide bonds. The van der Waals surface area contributed by atoms with Crippen molar-refractivity contribution in [3.05, 3.63) is 53.5 Å². The predicted molar refractivity (Wildman–Crippen MR) is 101 cm³/mol. The van der Waals surface area contributed by atoms with Gasteiger partial charge in [0.25, 0.3) is 5.91 Å². The van der Waals surface area contributed by atoms with E-state index in [1.165, 1.54) is 0 Å². The number of H-pyrrole nitrogens is 1. The third kappa shape index (κ3) is 3.58. The molecule has 0 radical (unpaired) electrons. The zero-order valence-electron chi connectivity index (χ0n) is 15.5. The molecule has 3 N–H and O–H groups in total. The molecule has 2 heterocycles. The molecule has 4 rings (SSSR count). The van der Waals surface area contributed by atoms with E-state index in [9.17, 15) is 9.90 Å². The number of carbonyl (C=O) groups is 1. The maximum atomic E-state index is 12.5. The molecule has 0 bridgehead atoms. The first kappa shape index (κ1) is 17.3. The standard InChI is InChI=1S/C20H23N5O2/c1-13-9-14(2)25(24-13)12-20(7-8-20)11-21-19(27)17-10-16(22-23-17)15-5-3-4-6-18(15)26/h3-6,9-10,26H,7-8,11-12H2,1-2H3,(H,21,27)(H,22,23). The van der Waals surface area contributed by atoms with Crippen LogP contribution >= 0.6 is 0 Å². The Morgan fingerprint density at radius 3 is 2.74 bits per heavy atom.